The molecule has 0 aromatic heterocycles. The number of hydrogen-bond donors (Lipinski definition) is 0. The molecule has 1 unspecified atom stereocenters. The van der Waals surface area contributed by atoms with E-state index in [4.69, 9.17) is 4.52 Å². The zero-order valence-electron chi connectivity index (χ0n) is 7.08. The SMILES string of the molecule is CCCCOP(C)(=O)CC=O. The van der Waals surface area contributed by atoms with E-state index >= 15 is 0 Å². The van der Waals surface area contributed by atoms with Gasteiger partial charge in [-0.2, -0.15) is 0 Å². The zero-order chi connectivity index (χ0) is 8.74. The van der Waals surface area contributed by atoms with Crippen LogP contribution in [0.25, 0.3) is 0 Å². The third-order valence-electron chi connectivity index (χ3n) is 1.27. The summed E-state index contributed by atoms with van der Waals surface area (Å²) in [6, 6.07) is 0. The van der Waals surface area contributed by atoms with E-state index in [0.29, 0.717) is 12.9 Å². The molecule has 0 heterocycles. The second-order valence-corrected chi connectivity index (χ2v) is 5.20. The average molecular weight is 178 g/mol. The Labute approximate surface area is 67.6 Å². The molecule has 0 saturated carbocycles. The molecule has 0 aromatic carbocycles. The van der Waals surface area contributed by atoms with Crippen LogP contribution in [-0.2, 0) is 13.9 Å². The second-order valence-electron chi connectivity index (χ2n) is 2.55. The van der Waals surface area contributed by atoms with Crippen LogP contribution >= 0.6 is 7.37 Å². The molecule has 0 amide bonds. The highest BCUT2D eigenvalue weighted by Crippen LogP contribution is 2.41. The molecular formula is C7H15O3P. The summed E-state index contributed by atoms with van der Waals surface area (Å²) in [5.41, 5.74) is 0. The first-order valence-corrected chi connectivity index (χ1v) is 6.03. The topological polar surface area (TPSA) is 43.4 Å². The minimum Gasteiger partial charge on any atom is -0.328 e. The van der Waals surface area contributed by atoms with Crippen molar-refractivity contribution in [2.75, 3.05) is 19.4 Å². The van der Waals surface area contributed by atoms with Crippen LogP contribution in [0.1, 0.15) is 19.8 Å². The van der Waals surface area contributed by atoms with Crippen LogP contribution in [0.2, 0.25) is 0 Å². The highest BCUT2D eigenvalue weighted by Gasteiger charge is 2.13. The summed E-state index contributed by atoms with van der Waals surface area (Å²) in [7, 11) is -2.59. The fourth-order valence-corrected chi connectivity index (χ4v) is 1.48. The predicted molar refractivity (Wildman–Crippen MR) is 45.3 cm³/mol. The van der Waals surface area contributed by atoms with Gasteiger partial charge in [0.05, 0.1) is 12.8 Å². The highest BCUT2D eigenvalue weighted by atomic mass is 31.2. The number of hydrogen-bond acceptors (Lipinski definition) is 3. The number of unbranched alkanes of at least 4 members (excludes halogenated alkanes) is 1. The van der Waals surface area contributed by atoms with Crippen LogP contribution in [0.15, 0.2) is 0 Å². The third-order valence-corrected chi connectivity index (χ3v) is 2.81. The van der Waals surface area contributed by atoms with Crippen LogP contribution in [-0.4, -0.2) is 25.7 Å². The molecule has 0 aliphatic carbocycles. The monoisotopic (exact) mass is 178 g/mol. The normalized spacial score (nSPS) is 15.8. The second kappa shape index (κ2) is 5.50. The molecule has 66 valence electrons. The van der Waals surface area contributed by atoms with E-state index in [9.17, 15) is 9.36 Å². The fourth-order valence-electron chi connectivity index (χ4n) is 0.590. The van der Waals surface area contributed by atoms with Gasteiger partial charge < -0.3 is 9.32 Å². The Hall–Kier alpha value is -0.140. The van der Waals surface area contributed by atoms with Gasteiger partial charge in [-0.3, -0.25) is 4.57 Å². The molecule has 0 spiro atoms. The molecule has 0 aliphatic heterocycles. The van der Waals surface area contributed by atoms with E-state index in [1.807, 2.05) is 6.92 Å². The molecule has 11 heavy (non-hydrogen) atoms. The molecule has 1 atom stereocenters. The molecular weight excluding hydrogens is 163 g/mol. The summed E-state index contributed by atoms with van der Waals surface area (Å²) in [4.78, 5) is 10.0. The van der Waals surface area contributed by atoms with Gasteiger partial charge in [-0.15, -0.1) is 0 Å². The first-order chi connectivity index (χ1) is 5.12. The lowest BCUT2D eigenvalue weighted by atomic mass is 10.4. The smallest absolute Gasteiger partial charge is 0.207 e. The van der Waals surface area contributed by atoms with Crippen LogP contribution in [0.5, 0.6) is 0 Å². The Bertz CT molecular complexity index is 156. The van der Waals surface area contributed by atoms with Gasteiger partial charge in [0.2, 0.25) is 7.37 Å². The van der Waals surface area contributed by atoms with Gasteiger partial charge in [0.15, 0.2) is 0 Å². The van der Waals surface area contributed by atoms with Gasteiger partial charge in [0.25, 0.3) is 0 Å². The molecule has 0 rings (SSSR count). The molecule has 0 fully saturated rings. The Morgan fingerprint density at radius 3 is 2.64 bits per heavy atom. The average Bonchev–Trinajstić information content (AvgIpc) is 1.87. The maximum Gasteiger partial charge on any atom is 0.207 e. The highest BCUT2D eigenvalue weighted by molar-refractivity contribution is 7.58. The molecule has 0 saturated heterocycles. The molecule has 0 aliphatic rings. The van der Waals surface area contributed by atoms with Gasteiger partial charge in [-0.1, -0.05) is 13.3 Å². The standard InChI is InChI=1S/C7H15O3P/c1-3-4-6-10-11(2,9)7-5-8/h5H,3-4,6-7H2,1-2H3. The number of rotatable bonds is 6. The molecule has 3 nitrogen and oxygen atoms in total. The van der Waals surface area contributed by atoms with Crippen molar-refractivity contribution in [2.24, 2.45) is 0 Å². The van der Waals surface area contributed by atoms with Gasteiger partial charge in [0, 0.05) is 6.66 Å². The zero-order valence-corrected chi connectivity index (χ0v) is 7.97. The summed E-state index contributed by atoms with van der Waals surface area (Å²) in [5, 5.41) is 0. The van der Waals surface area contributed by atoms with Crippen molar-refractivity contribution < 1.29 is 13.9 Å². The molecule has 0 N–H and O–H groups in total. The summed E-state index contributed by atoms with van der Waals surface area (Å²) >= 11 is 0. The summed E-state index contributed by atoms with van der Waals surface area (Å²) in [6.07, 6.45) is 2.60. The first kappa shape index (κ1) is 10.9. The molecule has 0 aromatic rings. The minimum atomic E-state index is -2.59. The lowest BCUT2D eigenvalue weighted by Gasteiger charge is -2.09. The van der Waals surface area contributed by atoms with Crippen LogP contribution < -0.4 is 0 Å². The first-order valence-electron chi connectivity index (χ1n) is 3.77. The number of carbonyl (C=O) groups excluding carboxylic acids is 1. The van der Waals surface area contributed by atoms with E-state index in [2.05, 4.69) is 0 Å². The van der Waals surface area contributed by atoms with E-state index in [1.54, 1.807) is 0 Å². The summed E-state index contributed by atoms with van der Waals surface area (Å²) in [5.74, 6) is 0. The maximum atomic E-state index is 11.2. The van der Waals surface area contributed by atoms with Crippen LogP contribution in [0, 0.1) is 0 Å². The molecule has 0 bridgehead atoms. The van der Waals surface area contributed by atoms with Crippen LogP contribution in [0.4, 0.5) is 0 Å². The largest absolute Gasteiger partial charge is 0.328 e. The van der Waals surface area contributed by atoms with Crippen molar-refractivity contribution in [3.8, 4) is 0 Å². The minimum absolute atomic E-state index is 0.0384. The van der Waals surface area contributed by atoms with Crippen molar-refractivity contribution in [1.82, 2.24) is 0 Å². The van der Waals surface area contributed by atoms with Crippen LogP contribution in [0.3, 0.4) is 0 Å². The van der Waals surface area contributed by atoms with Gasteiger partial charge in [0.1, 0.15) is 6.29 Å². The number of carbonyl (C=O) groups is 1. The van der Waals surface area contributed by atoms with Gasteiger partial charge in [-0.05, 0) is 6.42 Å². The van der Waals surface area contributed by atoms with Crippen molar-refractivity contribution >= 4 is 13.7 Å². The van der Waals surface area contributed by atoms with E-state index in [1.165, 1.54) is 6.66 Å². The lowest BCUT2D eigenvalue weighted by molar-refractivity contribution is -0.105. The Morgan fingerprint density at radius 1 is 1.55 bits per heavy atom. The van der Waals surface area contributed by atoms with Gasteiger partial charge >= 0.3 is 0 Å². The van der Waals surface area contributed by atoms with Crippen molar-refractivity contribution in [2.45, 2.75) is 19.8 Å². The summed E-state index contributed by atoms with van der Waals surface area (Å²) in [6.45, 7) is 4.03. The van der Waals surface area contributed by atoms with Crippen molar-refractivity contribution in [3.63, 3.8) is 0 Å². The van der Waals surface area contributed by atoms with E-state index < -0.39 is 7.37 Å². The Kier molecular flexibility index (Phi) is 5.43. The van der Waals surface area contributed by atoms with E-state index in [0.717, 1.165) is 12.8 Å². The summed E-state index contributed by atoms with van der Waals surface area (Å²) < 4.78 is 16.3. The lowest BCUT2D eigenvalue weighted by Crippen LogP contribution is -1.96. The van der Waals surface area contributed by atoms with E-state index in [-0.39, 0.29) is 6.16 Å². The maximum absolute atomic E-state index is 11.2. The Balaban J connectivity index is 3.55. The quantitative estimate of drug-likeness (QED) is 0.354. The van der Waals surface area contributed by atoms with Gasteiger partial charge in [-0.25, -0.2) is 0 Å². The molecule has 0 radical (unpaired) electrons. The predicted octanol–water partition coefficient (Wildman–Crippen LogP) is 1.91. The van der Waals surface area contributed by atoms with Crippen molar-refractivity contribution in [3.05, 3.63) is 0 Å². The third kappa shape index (κ3) is 6.27. The van der Waals surface area contributed by atoms with Crippen molar-refractivity contribution in [1.29, 1.82) is 0 Å². The molecule has 4 heteroatoms. The fraction of sp³-hybridized carbons (Fsp3) is 0.857. The Morgan fingerprint density at radius 2 is 2.18 bits per heavy atom. The number of aldehydes is 1.